The molecule has 0 amide bonds. The number of rotatable bonds is 1. The van der Waals surface area contributed by atoms with Crippen molar-refractivity contribution < 1.29 is 0 Å². The summed E-state index contributed by atoms with van der Waals surface area (Å²) >= 11 is 2.32. The van der Waals surface area contributed by atoms with Crippen molar-refractivity contribution in [3.8, 4) is 0 Å². The lowest BCUT2D eigenvalue weighted by molar-refractivity contribution is 1.42. The van der Waals surface area contributed by atoms with Crippen LogP contribution in [0.5, 0.6) is 0 Å². The fraction of sp³-hybridized carbons (Fsp3) is 0.222. The molecule has 0 saturated heterocycles. The highest BCUT2D eigenvalue weighted by Crippen LogP contribution is 2.11. The largest absolute Gasteiger partial charge is 0.296 e. The standard InChI is InChI=1S/C9H10IN/c1-7-3-4-8(6-11-2)9(10)5-7/h3-6H,1-2H3. The molecule has 0 fully saturated rings. The number of hydrogen-bond acceptors (Lipinski definition) is 1. The average molecular weight is 259 g/mol. The first-order chi connectivity index (χ1) is 5.24. The zero-order valence-corrected chi connectivity index (χ0v) is 8.79. The maximum absolute atomic E-state index is 3.97. The molecule has 2 heteroatoms. The first-order valence-electron chi connectivity index (χ1n) is 3.42. The van der Waals surface area contributed by atoms with E-state index in [2.05, 4.69) is 52.7 Å². The highest BCUT2D eigenvalue weighted by atomic mass is 127. The highest BCUT2D eigenvalue weighted by Gasteiger charge is 1.94. The third kappa shape index (κ3) is 2.29. The maximum Gasteiger partial charge on any atom is 0.0292 e. The Hall–Kier alpha value is -0.380. The molecule has 1 rings (SSSR count). The van der Waals surface area contributed by atoms with Gasteiger partial charge in [0.25, 0.3) is 0 Å². The van der Waals surface area contributed by atoms with Gasteiger partial charge in [-0.2, -0.15) is 0 Å². The molecule has 0 heterocycles. The van der Waals surface area contributed by atoms with Gasteiger partial charge in [-0.25, -0.2) is 0 Å². The van der Waals surface area contributed by atoms with Crippen LogP contribution < -0.4 is 0 Å². The van der Waals surface area contributed by atoms with E-state index in [-0.39, 0.29) is 0 Å². The van der Waals surface area contributed by atoms with E-state index in [0.717, 1.165) is 0 Å². The monoisotopic (exact) mass is 259 g/mol. The van der Waals surface area contributed by atoms with E-state index in [1.807, 2.05) is 6.21 Å². The summed E-state index contributed by atoms with van der Waals surface area (Å²) in [6.07, 6.45) is 1.88. The summed E-state index contributed by atoms with van der Waals surface area (Å²) in [4.78, 5) is 3.97. The van der Waals surface area contributed by atoms with Crippen LogP contribution in [0.25, 0.3) is 0 Å². The molecule has 1 aromatic carbocycles. The van der Waals surface area contributed by atoms with Gasteiger partial charge in [0.05, 0.1) is 0 Å². The summed E-state index contributed by atoms with van der Waals surface area (Å²) in [6.45, 7) is 2.09. The molecule has 0 N–H and O–H groups in total. The molecule has 0 spiro atoms. The number of hydrogen-bond donors (Lipinski definition) is 0. The van der Waals surface area contributed by atoms with Gasteiger partial charge in [0, 0.05) is 22.4 Å². The molecule has 0 unspecified atom stereocenters. The molecule has 0 aliphatic rings. The topological polar surface area (TPSA) is 12.4 Å². The van der Waals surface area contributed by atoms with Crippen molar-refractivity contribution in [2.75, 3.05) is 7.05 Å². The Morgan fingerprint density at radius 2 is 2.18 bits per heavy atom. The number of aryl methyl sites for hydroxylation is 1. The minimum absolute atomic E-state index is 1.19. The second kappa shape index (κ2) is 3.85. The van der Waals surface area contributed by atoms with E-state index in [9.17, 15) is 0 Å². The van der Waals surface area contributed by atoms with Crippen molar-refractivity contribution in [2.24, 2.45) is 4.99 Å². The molecule has 0 bridgehead atoms. The lowest BCUT2D eigenvalue weighted by Crippen LogP contribution is -1.86. The van der Waals surface area contributed by atoms with Crippen molar-refractivity contribution in [1.29, 1.82) is 0 Å². The normalized spacial score (nSPS) is 10.8. The van der Waals surface area contributed by atoms with E-state index >= 15 is 0 Å². The first-order valence-corrected chi connectivity index (χ1v) is 4.50. The summed E-state index contributed by atoms with van der Waals surface area (Å²) in [5, 5.41) is 0. The minimum atomic E-state index is 1.19. The fourth-order valence-corrected chi connectivity index (χ4v) is 1.69. The predicted octanol–water partition coefficient (Wildman–Crippen LogP) is 2.65. The fourth-order valence-electron chi connectivity index (χ4n) is 0.876. The summed E-state index contributed by atoms with van der Waals surface area (Å²) in [5.74, 6) is 0. The smallest absolute Gasteiger partial charge is 0.0292 e. The number of benzene rings is 1. The van der Waals surface area contributed by atoms with Crippen molar-refractivity contribution >= 4 is 28.8 Å². The minimum Gasteiger partial charge on any atom is -0.296 e. The Balaban J connectivity index is 3.09. The molecule has 0 aliphatic carbocycles. The summed E-state index contributed by atoms with van der Waals surface area (Å²) in [6, 6.07) is 6.33. The van der Waals surface area contributed by atoms with E-state index in [0.29, 0.717) is 0 Å². The molecule has 0 aromatic heterocycles. The number of halogens is 1. The summed E-state index contributed by atoms with van der Waals surface area (Å²) < 4.78 is 1.26. The quantitative estimate of drug-likeness (QED) is 0.543. The molecule has 0 saturated carbocycles. The Bertz CT molecular complexity index is 279. The van der Waals surface area contributed by atoms with Crippen molar-refractivity contribution in [3.05, 3.63) is 32.9 Å². The van der Waals surface area contributed by atoms with Crippen molar-refractivity contribution in [3.63, 3.8) is 0 Å². The van der Waals surface area contributed by atoms with E-state index in [4.69, 9.17) is 0 Å². The molecule has 0 aliphatic heterocycles. The summed E-state index contributed by atoms with van der Waals surface area (Å²) in [5.41, 5.74) is 2.49. The highest BCUT2D eigenvalue weighted by molar-refractivity contribution is 14.1. The zero-order chi connectivity index (χ0) is 8.27. The number of aliphatic imine (C=N–C) groups is 1. The van der Waals surface area contributed by atoms with Crippen LogP contribution in [0.3, 0.4) is 0 Å². The van der Waals surface area contributed by atoms with Gasteiger partial charge in [-0.05, 0) is 35.6 Å². The van der Waals surface area contributed by atoms with Crippen LogP contribution in [0.15, 0.2) is 23.2 Å². The van der Waals surface area contributed by atoms with Gasteiger partial charge in [0.1, 0.15) is 0 Å². The van der Waals surface area contributed by atoms with Gasteiger partial charge >= 0.3 is 0 Å². The molecule has 58 valence electrons. The maximum atomic E-state index is 3.97. The van der Waals surface area contributed by atoms with Crippen LogP contribution in [-0.4, -0.2) is 13.3 Å². The van der Waals surface area contributed by atoms with Crippen LogP contribution in [0.1, 0.15) is 11.1 Å². The van der Waals surface area contributed by atoms with Gasteiger partial charge in [-0.15, -0.1) is 0 Å². The average Bonchev–Trinajstić information content (AvgIpc) is 1.95. The van der Waals surface area contributed by atoms with Gasteiger partial charge in [0.2, 0.25) is 0 Å². The Morgan fingerprint density at radius 3 is 2.73 bits per heavy atom. The summed E-state index contributed by atoms with van der Waals surface area (Å²) in [7, 11) is 1.79. The van der Waals surface area contributed by atoms with Crippen LogP contribution >= 0.6 is 22.6 Å². The molecule has 0 radical (unpaired) electrons. The van der Waals surface area contributed by atoms with E-state index in [1.165, 1.54) is 14.7 Å². The molecule has 1 aromatic rings. The Kier molecular flexibility index (Phi) is 3.05. The molecule has 1 nitrogen and oxygen atoms in total. The third-order valence-corrected chi connectivity index (χ3v) is 2.36. The lowest BCUT2D eigenvalue weighted by atomic mass is 10.2. The molecular weight excluding hydrogens is 249 g/mol. The Morgan fingerprint density at radius 1 is 1.45 bits per heavy atom. The van der Waals surface area contributed by atoms with Crippen molar-refractivity contribution in [1.82, 2.24) is 0 Å². The first kappa shape index (κ1) is 8.71. The van der Waals surface area contributed by atoms with Crippen molar-refractivity contribution in [2.45, 2.75) is 6.92 Å². The van der Waals surface area contributed by atoms with Crippen LogP contribution in [0.2, 0.25) is 0 Å². The lowest BCUT2D eigenvalue weighted by Gasteiger charge is -1.98. The molecule has 11 heavy (non-hydrogen) atoms. The van der Waals surface area contributed by atoms with E-state index in [1.54, 1.807) is 7.05 Å². The zero-order valence-electron chi connectivity index (χ0n) is 6.63. The molecular formula is C9H10IN. The van der Waals surface area contributed by atoms with Gasteiger partial charge < -0.3 is 0 Å². The van der Waals surface area contributed by atoms with E-state index < -0.39 is 0 Å². The van der Waals surface area contributed by atoms with Crippen LogP contribution in [-0.2, 0) is 0 Å². The van der Waals surface area contributed by atoms with Gasteiger partial charge in [-0.1, -0.05) is 17.7 Å². The van der Waals surface area contributed by atoms with Crippen LogP contribution in [0, 0.1) is 10.5 Å². The van der Waals surface area contributed by atoms with Crippen LogP contribution in [0.4, 0.5) is 0 Å². The second-order valence-corrected chi connectivity index (χ2v) is 3.57. The van der Waals surface area contributed by atoms with Gasteiger partial charge in [0.15, 0.2) is 0 Å². The molecule has 0 atom stereocenters. The second-order valence-electron chi connectivity index (χ2n) is 2.41. The number of nitrogens with zero attached hydrogens (tertiary/aromatic N) is 1. The van der Waals surface area contributed by atoms with Gasteiger partial charge in [-0.3, -0.25) is 4.99 Å². The Labute approximate surface area is 80.7 Å². The SMILES string of the molecule is CN=Cc1ccc(C)cc1I. The predicted molar refractivity (Wildman–Crippen MR) is 57.4 cm³/mol. The third-order valence-electron chi connectivity index (χ3n) is 1.42.